The number of nitrogens with one attached hydrogen (secondary N) is 1. The summed E-state index contributed by atoms with van der Waals surface area (Å²) in [6, 6.07) is 7.78. The van der Waals surface area contributed by atoms with Gasteiger partial charge >= 0.3 is 11.9 Å². The quantitative estimate of drug-likeness (QED) is 0.373. The van der Waals surface area contributed by atoms with Crippen LogP contribution in [0, 0.1) is 6.92 Å². The van der Waals surface area contributed by atoms with E-state index in [0.717, 1.165) is 44.8 Å². The molecule has 0 atom stereocenters. The van der Waals surface area contributed by atoms with Crippen LogP contribution in [0.15, 0.2) is 35.9 Å². The van der Waals surface area contributed by atoms with E-state index in [1.807, 2.05) is 45.2 Å². The largest absolute Gasteiger partial charge is 0.497 e. The predicted octanol–water partition coefficient (Wildman–Crippen LogP) is 4.87. The van der Waals surface area contributed by atoms with Crippen LogP contribution in [-0.2, 0) is 45.2 Å². The van der Waals surface area contributed by atoms with Gasteiger partial charge in [-0.05, 0) is 61.1 Å². The lowest BCUT2D eigenvalue weighted by atomic mass is 9.89. The molecule has 0 saturated carbocycles. The molecular formula is C27H33NO6. The van der Waals surface area contributed by atoms with E-state index in [2.05, 4.69) is 11.4 Å². The second-order valence-electron chi connectivity index (χ2n) is 8.31. The number of ether oxygens (including phenoxy) is 4. The normalized spacial score (nSPS) is 12.9. The number of carbonyl (C=O) groups excluding carboxylic acids is 2. The van der Waals surface area contributed by atoms with E-state index in [4.69, 9.17) is 18.9 Å². The van der Waals surface area contributed by atoms with Crippen molar-refractivity contribution < 1.29 is 28.5 Å². The standard InChI is InChI=1S/C27H33NO6/c1-17(7-13-24(29)32-5)6-12-21-22(15-33-14-19-8-10-20(31-4)11-9-19)18(2)23-16-34-27(30)25(23)26(21)28-3/h6,8-11,28H,7,12-16H2,1-5H3/b17-6+. The van der Waals surface area contributed by atoms with E-state index < -0.39 is 0 Å². The molecule has 1 aliphatic heterocycles. The molecule has 0 bridgehead atoms. The molecule has 7 heteroatoms. The molecule has 0 fully saturated rings. The van der Waals surface area contributed by atoms with Crippen LogP contribution in [0.1, 0.15) is 57.9 Å². The summed E-state index contributed by atoms with van der Waals surface area (Å²) in [5.41, 5.74) is 7.50. The van der Waals surface area contributed by atoms with Gasteiger partial charge in [0.2, 0.25) is 0 Å². The zero-order valence-electron chi connectivity index (χ0n) is 20.6. The highest BCUT2D eigenvalue weighted by atomic mass is 16.5. The van der Waals surface area contributed by atoms with Crippen molar-refractivity contribution >= 4 is 17.6 Å². The molecule has 2 aromatic carbocycles. The number of benzene rings is 2. The van der Waals surface area contributed by atoms with Crippen molar-refractivity contribution in [3.05, 3.63) is 69.3 Å². The minimum absolute atomic E-state index is 0.229. The molecule has 1 heterocycles. The van der Waals surface area contributed by atoms with Gasteiger partial charge in [-0.2, -0.15) is 0 Å². The van der Waals surface area contributed by atoms with Gasteiger partial charge in [-0.3, -0.25) is 4.79 Å². The maximum atomic E-state index is 12.5. The van der Waals surface area contributed by atoms with Crippen LogP contribution >= 0.6 is 0 Å². The second-order valence-corrected chi connectivity index (χ2v) is 8.31. The highest BCUT2D eigenvalue weighted by molar-refractivity contribution is 6.01. The summed E-state index contributed by atoms with van der Waals surface area (Å²) >= 11 is 0. The number of anilines is 1. The van der Waals surface area contributed by atoms with Gasteiger partial charge in [-0.25, -0.2) is 4.79 Å². The van der Waals surface area contributed by atoms with Gasteiger partial charge in [0.1, 0.15) is 12.4 Å². The highest BCUT2D eigenvalue weighted by Crippen LogP contribution is 2.37. The Labute approximate surface area is 201 Å². The van der Waals surface area contributed by atoms with E-state index in [1.54, 1.807) is 7.11 Å². The van der Waals surface area contributed by atoms with Gasteiger partial charge in [-0.1, -0.05) is 23.8 Å². The first kappa shape index (κ1) is 25.3. The maximum Gasteiger partial charge on any atom is 0.341 e. The van der Waals surface area contributed by atoms with E-state index in [-0.39, 0.29) is 18.5 Å². The van der Waals surface area contributed by atoms with Crippen LogP contribution in [0.25, 0.3) is 0 Å². The fraction of sp³-hybridized carbons (Fsp3) is 0.407. The van der Waals surface area contributed by atoms with Gasteiger partial charge in [0.05, 0.1) is 38.7 Å². The summed E-state index contributed by atoms with van der Waals surface area (Å²) in [6.07, 6.45) is 3.66. The zero-order chi connectivity index (χ0) is 24.7. The molecule has 1 N–H and O–H groups in total. The van der Waals surface area contributed by atoms with E-state index >= 15 is 0 Å². The lowest BCUT2D eigenvalue weighted by molar-refractivity contribution is -0.140. The molecule has 0 radical (unpaired) electrons. The maximum absolute atomic E-state index is 12.5. The molecule has 7 nitrogen and oxygen atoms in total. The Morgan fingerprint density at radius 2 is 1.85 bits per heavy atom. The molecule has 0 aromatic heterocycles. The van der Waals surface area contributed by atoms with Crippen molar-refractivity contribution in [2.45, 2.75) is 52.9 Å². The molecule has 3 rings (SSSR count). The summed E-state index contributed by atoms with van der Waals surface area (Å²) in [5, 5.41) is 3.22. The van der Waals surface area contributed by atoms with E-state index in [1.165, 1.54) is 7.11 Å². The number of allylic oxidation sites excluding steroid dienone is 2. The van der Waals surface area contributed by atoms with E-state index in [9.17, 15) is 9.59 Å². The summed E-state index contributed by atoms with van der Waals surface area (Å²) < 4.78 is 21.4. The van der Waals surface area contributed by atoms with Crippen LogP contribution in [0.4, 0.5) is 5.69 Å². The third-order valence-electron chi connectivity index (χ3n) is 6.20. The Bertz CT molecular complexity index is 1070. The number of rotatable bonds is 11. The summed E-state index contributed by atoms with van der Waals surface area (Å²) in [4.78, 5) is 24.0. The molecule has 2 aromatic rings. The Balaban J connectivity index is 1.87. The third kappa shape index (κ3) is 5.78. The average Bonchev–Trinajstić information content (AvgIpc) is 3.24. The smallest absolute Gasteiger partial charge is 0.341 e. The van der Waals surface area contributed by atoms with Crippen LogP contribution in [0.3, 0.4) is 0 Å². The fourth-order valence-corrected chi connectivity index (χ4v) is 4.13. The highest BCUT2D eigenvalue weighted by Gasteiger charge is 2.30. The summed E-state index contributed by atoms with van der Waals surface area (Å²) in [6.45, 7) is 5.14. The van der Waals surface area contributed by atoms with Crippen molar-refractivity contribution in [3.8, 4) is 5.75 Å². The van der Waals surface area contributed by atoms with Gasteiger partial charge < -0.3 is 24.3 Å². The Morgan fingerprint density at radius 3 is 2.50 bits per heavy atom. The predicted molar refractivity (Wildman–Crippen MR) is 130 cm³/mol. The lowest BCUT2D eigenvalue weighted by Crippen LogP contribution is -2.11. The lowest BCUT2D eigenvalue weighted by Gasteiger charge is -2.20. The Morgan fingerprint density at radius 1 is 1.12 bits per heavy atom. The van der Waals surface area contributed by atoms with E-state index in [0.29, 0.717) is 38.0 Å². The monoisotopic (exact) mass is 467 g/mol. The van der Waals surface area contributed by atoms with Crippen molar-refractivity contribution in [1.82, 2.24) is 0 Å². The first-order chi connectivity index (χ1) is 16.4. The van der Waals surface area contributed by atoms with Crippen LogP contribution < -0.4 is 10.1 Å². The number of hydrogen-bond donors (Lipinski definition) is 1. The van der Waals surface area contributed by atoms with Crippen molar-refractivity contribution in [2.24, 2.45) is 0 Å². The van der Waals surface area contributed by atoms with Gasteiger partial charge in [0.25, 0.3) is 0 Å². The number of methoxy groups -OCH3 is 2. The van der Waals surface area contributed by atoms with Gasteiger partial charge in [0, 0.05) is 19.0 Å². The molecule has 0 aliphatic carbocycles. The number of carbonyl (C=O) groups is 2. The molecule has 182 valence electrons. The molecule has 1 aliphatic rings. The first-order valence-corrected chi connectivity index (χ1v) is 11.3. The van der Waals surface area contributed by atoms with Crippen LogP contribution in [0.2, 0.25) is 0 Å². The molecule has 0 saturated heterocycles. The SMILES string of the molecule is CNc1c(C/C=C(\C)CCC(=O)OC)c(COCc2ccc(OC)cc2)c(C)c2c1C(=O)OC2. The second kappa shape index (κ2) is 11.7. The number of hydrogen-bond acceptors (Lipinski definition) is 7. The minimum atomic E-state index is -0.305. The molecule has 34 heavy (non-hydrogen) atoms. The van der Waals surface area contributed by atoms with Crippen LogP contribution in [0.5, 0.6) is 5.75 Å². The molecule has 0 amide bonds. The summed E-state index contributed by atoms with van der Waals surface area (Å²) in [7, 11) is 4.85. The zero-order valence-corrected chi connectivity index (χ0v) is 20.6. The van der Waals surface area contributed by atoms with Crippen molar-refractivity contribution in [1.29, 1.82) is 0 Å². The minimum Gasteiger partial charge on any atom is -0.497 e. The van der Waals surface area contributed by atoms with Crippen molar-refractivity contribution in [2.75, 3.05) is 26.6 Å². The van der Waals surface area contributed by atoms with Gasteiger partial charge in [0.15, 0.2) is 0 Å². The van der Waals surface area contributed by atoms with Crippen molar-refractivity contribution in [3.63, 3.8) is 0 Å². The Hall–Kier alpha value is -3.32. The third-order valence-corrected chi connectivity index (χ3v) is 6.20. The fourth-order valence-electron chi connectivity index (χ4n) is 4.13. The number of fused-ring (bicyclic) bond motifs is 1. The van der Waals surface area contributed by atoms with Gasteiger partial charge in [-0.15, -0.1) is 0 Å². The summed E-state index contributed by atoms with van der Waals surface area (Å²) in [5.74, 6) is 0.270. The average molecular weight is 468 g/mol. The topological polar surface area (TPSA) is 83.1 Å². The first-order valence-electron chi connectivity index (χ1n) is 11.3. The molecule has 0 unspecified atom stereocenters. The Kier molecular flexibility index (Phi) is 8.71. The molecule has 0 spiro atoms. The molecular weight excluding hydrogens is 434 g/mol. The number of esters is 2. The number of cyclic esters (lactones) is 1. The van der Waals surface area contributed by atoms with Crippen LogP contribution in [-0.4, -0.2) is 33.2 Å².